The van der Waals surface area contributed by atoms with Crippen molar-refractivity contribution in [3.05, 3.63) is 65.7 Å². The van der Waals surface area contributed by atoms with Crippen LogP contribution in [0.4, 0.5) is 0 Å². The second-order valence-corrected chi connectivity index (χ2v) is 8.60. The molecule has 26 heavy (non-hydrogen) atoms. The molecular formula is C20H23NO4S. The minimum atomic E-state index is -3.46. The summed E-state index contributed by atoms with van der Waals surface area (Å²) in [5, 5.41) is 0. The van der Waals surface area contributed by atoms with Crippen LogP contribution in [0, 0.1) is 6.92 Å². The van der Waals surface area contributed by atoms with Crippen LogP contribution in [0.2, 0.25) is 0 Å². The molecule has 1 fully saturated rings. The standard InChI is InChI=1S/C20H23NO4S/c1-16-7-9-18(10-8-16)26(23,24)14-11-20(22)21-12-13-25-19(15-21)17-5-3-2-4-6-17/h2-10,19H,11-15H2,1H3. The van der Waals surface area contributed by atoms with Gasteiger partial charge in [0.15, 0.2) is 9.84 Å². The predicted molar refractivity (Wildman–Crippen MR) is 99.6 cm³/mol. The Kier molecular flexibility index (Phi) is 5.74. The van der Waals surface area contributed by atoms with Gasteiger partial charge in [-0.25, -0.2) is 8.42 Å². The molecule has 0 aliphatic carbocycles. The van der Waals surface area contributed by atoms with E-state index in [1.165, 1.54) is 0 Å². The van der Waals surface area contributed by atoms with Crippen LogP contribution in [0.15, 0.2) is 59.5 Å². The third-order valence-electron chi connectivity index (χ3n) is 4.56. The molecule has 1 aliphatic rings. The van der Waals surface area contributed by atoms with E-state index < -0.39 is 9.84 Å². The summed E-state index contributed by atoms with van der Waals surface area (Å²) in [5.41, 5.74) is 2.03. The lowest BCUT2D eigenvalue weighted by Gasteiger charge is -2.33. The van der Waals surface area contributed by atoms with Gasteiger partial charge in [0.2, 0.25) is 5.91 Å². The van der Waals surface area contributed by atoms with E-state index in [1.807, 2.05) is 37.3 Å². The molecule has 138 valence electrons. The maximum atomic E-state index is 12.5. The molecule has 2 aromatic carbocycles. The minimum absolute atomic E-state index is 0.0162. The monoisotopic (exact) mass is 373 g/mol. The zero-order valence-electron chi connectivity index (χ0n) is 14.8. The van der Waals surface area contributed by atoms with Crippen LogP contribution in [-0.2, 0) is 19.4 Å². The molecule has 0 N–H and O–H groups in total. The number of morpholine rings is 1. The van der Waals surface area contributed by atoms with E-state index >= 15 is 0 Å². The Bertz CT molecular complexity index is 847. The smallest absolute Gasteiger partial charge is 0.223 e. The molecule has 0 radical (unpaired) electrons. The van der Waals surface area contributed by atoms with Crippen LogP contribution in [0.3, 0.4) is 0 Å². The van der Waals surface area contributed by atoms with Gasteiger partial charge >= 0.3 is 0 Å². The molecule has 1 saturated heterocycles. The highest BCUT2D eigenvalue weighted by Gasteiger charge is 2.26. The maximum Gasteiger partial charge on any atom is 0.223 e. The summed E-state index contributed by atoms with van der Waals surface area (Å²) >= 11 is 0. The van der Waals surface area contributed by atoms with Crippen molar-refractivity contribution in [2.75, 3.05) is 25.4 Å². The molecule has 0 spiro atoms. The summed E-state index contributed by atoms with van der Waals surface area (Å²) in [6, 6.07) is 16.5. The highest BCUT2D eigenvalue weighted by molar-refractivity contribution is 7.91. The minimum Gasteiger partial charge on any atom is -0.370 e. The number of rotatable bonds is 5. The fourth-order valence-corrected chi connectivity index (χ4v) is 4.22. The van der Waals surface area contributed by atoms with Crippen molar-refractivity contribution < 1.29 is 17.9 Å². The van der Waals surface area contributed by atoms with Gasteiger partial charge in [-0.15, -0.1) is 0 Å². The molecule has 3 rings (SSSR count). The van der Waals surface area contributed by atoms with Gasteiger partial charge in [-0.05, 0) is 24.6 Å². The Labute approximate surface area is 154 Å². The van der Waals surface area contributed by atoms with E-state index in [0.29, 0.717) is 19.7 Å². The molecule has 0 bridgehead atoms. The number of carbonyl (C=O) groups excluding carboxylic acids is 1. The van der Waals surface area contributed by atoms with Gasteiger partial charge in [-0.3, -0.25) is 4.79 Å². The number of amides is 1. The van der Waals surface area contributed by atoms with Gasteiger partial charge in [0.25, 0.3) is 0 Å². The summed E-state index contributed by atoms with van der Waals surface area (Å²) in [6.07, 6.45) is -0.180. The molecular weight excluding hydrogens is 350 g/mol. The first-order valence-corrected chi connectivity index (χ1v) is 10.3. The number of ether oxygens (including phenoxy) is 1. The van der Waals surface area contributed by atoms with Crippen LogP contribution >= 0.6 is 0 Å². The molecule has 1 atom stereocenters. The predicted octanol–water partition coefficient (Wildman–Crippen LogP) is 2.76. The third-order valence-corrected chi connectivity index (χ3v) is 6.29. The van der Waals surface area contributed by atoms with Crippen LogP contribution < -0.4 is 0 Å². The first kappa shape index (κ1) is 18.6. The molecule has 0 saturated carbocycles. The number of sulfone groups is 1. The zero-order chi connectivity index (χ0) is 18.6. The summed E-state index contributed by atoms with van der Waals surface area (Å²) in [4.78, 5) is 14.5. The normalized spacial score (nSPS) is 17.9. The lowest BCUT2D eigenvalue weighted by molar-refractivity contribution is -0.138. The number of benzene rings is 2. The molecule has 1 amide bonds. The van der Waals surface area contributed by atoms with Crippen molar-refractivity contribution in [2.45, 2.75) is 24.3 Å². The number of hydrogen-bond donors (Lipinski definition) is 0. The topological polar surface area (TPSA) is 63.7 Å². The fraction of sp³-hybridized carbons (Fsp3) is 0.350. The molecule has 1 heterocycles. The van der Waals surface area contributed by atoms with Crippen molar-refractivity contribution >= 4 is 15.7 Å². The average Bonchev–Trinajstić information content (AvgIpc) is 2.67. The van der Waals surface area contributed by atoms with Gasteiger partial charge in [0.1, 0.15) is 6.10 Å². The number of carbonyl (C=O) groups is 1. The second-order valence-electron chi connectivity index (χ2n) is 6.49. The van der Waals surface area contributed by atoms with Crippen LogP contribution in [0.5, 0.6) is 0 Å². The van der Waals surface area contributed by atoms with Crippen LogP contribution in [-0.4, -0.2) is 44.7 Å². The van der Waals surface area contributed by atoms with Gasteiger partial charge in [0, 0.05) is 13.0 Å². The van der Waals surface area contributed by atoms with Crippen molar-refractivity contribution in [3.8, 4) is 0 Å². The molecule has 1 aliphatic heterocycles. The highest BCUT2D eigenvalue weighted by Crippen LogP contribution is 2.22. The number of aryl methyl sites for hydroxylation is 1. The van der Waals surface area contributed by atoms with E-state index in [0.717, 1.165) is 11.1 Å². The summed E-state index contributed by atoms with van der Waals surface area (Å²) in [6.45, 7) is 3.30. The molecule has 0 aromatic heterocycles. The van der Waals surface area contributed by atoms with E-state index in [9.17, 15) is 13.2 Å². The zero-order valence-corrected chi connectivity index (χ0v) is 15.6. The Balaban J connectivity index is 1.60. The Hall–Kier alpha value is -2.18. The molecule has 2 aromatic rings. The van der Waals surface area contributed by atoms with Crippen molar-refractivity contribution in [1.82, 2.24) is 4.90 Å². The fourth-order valence-electron chi connectivity index (χ4n) is 2.99. The first-order valence-electron chi connectivity index (χ1n) is 8.69. The van der Waals surface area contributed by atoms with E-state index in [1.54, 1.807) is 29.2 Å². The van der Waals surface area contributed by atoms with Gasteiger partial charge < -0.3 is 9.64 Å². The second kappa shape index (κ2) is 8.01. The summed E-state index contributed by atoms with van der Waals surface area (Å²) in [5.74, 6) is -0.327. The SMILES string of the molecule is Cc1ccc(S(=O)(=O)CCC(=O)N2CCOC(c3ccccc3)C2)cc1. The van der Waals surface area contributed by atoms with Gasteiger partial charge in [-0.2, -0.15) is 0 Å². The first-order chi connectivity index (χ1) is 12.5. The average molecular weight is 373 g/mol. The molecule has 5 nitrogen and oxygen atoms in total. The quantitative estimate of drug-likeness (QED) is 0.808. The van der Waals surface area contributed by atoms with E-state index in [-0.39, 0.29) is 29.1 Å². The van der Waals surface area contributed by atoms with E-state index in [2.05, 4.69) is 0 Å². The number of nitrogens with zero attached hydrogens (tertiary/aromatic N) is 1. The lowest BCUT2D eigenvalue weighted by atomic mass is 10.1. The Morgan fingerprint density at radius 3 is 2.50 bits per heavy atom. The van der Waals surface area contributed by atoms with Crippen molar-refractivity contribution in [2.24, 2.45) is 0 Å². The van der Waals surface area contributed by atoms with E-state index in [4.69, 9.17) is 4.74 Å². The Morgan fingerprint density at radius 2 is 1.81 bits per heavy atom. The summed E-state index contributed by atoms with van der Waals surface area (Å²) < 4.78 is 30.6. The number of hydrogen-bond acceptors (Lipinski definition) is 4. The Morgan fingerprint density at radius 1 is 1.12 bits per heavy atom. The van der Waals surface area contributed by atoms with Crippen molar-refractivity contribution in [1.29, 1.82) is 0 Å². The molecule has 6 heteroatoms. The maximum absolute atomic E-state index is 12.5. The van der Waals surface area contributed by atoms with Crippen molar-refractivity contribution in [3.63, 3.8) is 0 Å². The van der Waals surface area contributed by atoms with Crippen LogP contribution in [0.25, 0.3) is 0 Å². The lowest BCUT2D eigenvalue weighted by Crippen LogP contribution is -2.42. The summed E-state index contributed by atoms with van der Waals surface area (Å²) in [7, 11) is -3.46. The van der Waals surface area contributed by atoms with Gasteiger partial charge in [0.05, 0.1) is 23.8 Å². The van der Waals surface area contributed by atoms with Crippen LogP contribution in [0.1, 0.15) is 23.7 Å². The molecule has 1 unspecified atom stereocenters. The third kappa shape index (κ3) is 4.51. The largest absolute Gasteiger partial charge is 0.370 e. The van der Waals surface area contributed by atoms with Gasteiger partial charge in [-0.1, -0.05) is 48.0 Å². The highest BCUT2D eigenvalue weighted by atomic mass is 32.2.